The number of halogens is 2. The highest BCUT2D eigenvalue weighted by atomic mass is 35.5. The lowest BCUT2D eigenvalue weighted by Crippen LogP contribution is -2.21. The van der Waals surface area contributed by atoms with Crippen LogP contribution in [0.5, 0.6) is 11.5 Å². The number of hydrogen-bond donors (Lipinski definition) is 1. The molecule has 0 amide bonds. The number of anilines is 1. The Balaban J connectivity index is 0.00000210. The van der Waals surface area contributed by atoms with Crippen LogP contribution in [0.25, 0.3) is 11.0 Å². The molecule has 2 aromatic heterocycles. The molecule has 142 valence electrons. The third-order valence-electron chi connectivity index (χ3n) is 4.66. The highest BCUT2D eigenvalue weighted by Crippen LogP contribution is 2.28. The van der Waals surface area contributed by atoms with E-state index in [4.69, 9.17) is 16.3 Å². The van der Waals surface area contributed by atoms with Gasteiger partial charge in [-0.25, -0.2) is 4.98 Å². The van der Waals surface area contributed by atoms with Gasteiger partial charge < -0.3 is 10.1 Å². The van der Waals surface area contributed by atoms with Crippen LogP contribution in [0, 0.1) is 0 Å². The van der Waals surface area contributed by atoms with E-state index in [0.717, 1.165) is 18.2 Å². The maximum absolute atomic E-state index is 12.7. The van der Waals surface area contributed by atoms with Crippen LogP contribution in [0.1, 0.15) is 25.7 Å². The molecule has 0 saturated heterocycles. The fraction of sp³-hybridized carbons (Fsp3) is 0.316. The average Bonchev–Trinajstić information content (AvgIpc) is 3.15. The Kier molecular flexibility index (Phi) is 5.87. The van der Waals surface area contributed by atoms with Gasteiger partial charge in [-0.15, -0.1) is 12.4 Å². The highest BCUT2D eigenvalue weighted by Gasteiger charge is 2.17. The summed E-state index contributed by atoms with van der Waals surface area (Å²) in [4.78, 5) is 21.6. The second kappa shape index (κ2) is 8.15. The van der Waals surface area contributed by atoms with Crippen LogP contribution in [-0.4, -0.2) is 20.6 Å². The summed E-state index contributed by atoms with van der Waals surface area (Å²) in [6.45, 7) is 0. The molecule has 27 heavy (non-hydrogen) atoms. The summed E-state index contributed by atoms with van der Waals surface area (Å²) < 4.78 is 7.21. The third-order valence-corrected chi connectivity index (χ3v) is 4.97. The first-order chi connectivity index (χ1) is 12.6. The van der Waals surface area contributed by atoms with Crippen molar-refractivity contribution in [1.82, 2.24) is 14.5 Å². The fourth-order valence-electron chi connectivity index (χ4n) is 3.26. The number of pyridine rings is 1. The summed E-state index contributed by atoms with van der Waals surface area (Å²) in [6.07, 6.45) is 6.42. The highest BCUT2D eigenvalue weighted by molar-refractivity contribution is 6.32. The lowest BCUT2D eigenvalue weighted by atomic mass is 10.2. The first-order valence-electron chi connectivity index (χ1n) is 8.67. The van der Waals surface area contributed by atoms with Gasteiger partial charge in [0.05, 0.1) is 5.02 Å². The molecule has 2 heterocycles. The molecule has 1 saturated carbocycles. The molecule has 0 bridgehead atoms. The number of para-hydroxylation sites is 1. The molecule has 4 rings (SSSR count). The van der Waals surface area contributed by atoms with Gasteiger partial charge >= 0.3 is 0 Å². The lowest BCUT2D eigenvalue weighted by Gasteiger charge is -2.14. The van der Waals surface area contributed by atoms with Crippen molar-refractivity contribution in [2.24, 2.45) is 7.05 Å². The number of aromatic nitrogens is 3. The lowest BCUT2D eigenvalue weighted by molar-refractivity contribution is 0.472. The van der Waals surface area contributed by atoms with Crippen molar-refractivity contribution in [1.29, 1.82) is 0 Å². The summed E-state index contributed by atoms with van der Waals surface area (Å²) in [5.41, 5.74) is 0.292. The normalized spacial score (nSPS) is 14.1. The number of ether oxygens (including phenoxy) is 1. The molecule has 0 radical (unpaired) electrons. The van der Waals surface area contributed by atoms with Crippen molar-refractivity contribution in [3.63, 3.8) is 0 Å². The average molecular weight is 407 g/mol. The van der Waals surface area contributed by atoms with Gasteiger partial charge in [-0.2, -0.15) is 4.98 Å². The predicted octanol–water partition coefficient (Wildman–Crippen LogP) is 4.55. The monoisotopic (exact) mass is 406 g/mol. The minimum absolute atomic E-state index is 0. The Labute approximate surface area is 168 Å². The predicted molar refractivity (Wildman–Crippen MR) is 109 cm³/mol. The molecule has 1 aliphatic rings. The second-order valence-corrected chi connectivity index (χ2v) is 6.91. The van der Waals surface area contributed by atoms with Crippen molar-refractivity contribution >= 4 is 41.0 Å². The van der Waals surface area contributed by atoms with Crippen molar-refractivity contribution in [3.05, 3.63) is 51.9 Å². The van der Waals surface area contributed by atoms with Gasteiger partial charge in [-0.1, -0.05) is 36.6 Å². The minimum atomic E-state index is -0.275. The molecular formula is C19H20Cl2N4O2. The van der Waals surface area contributed by atoms with E-state index >= 15 is 0 Å². The zero-order chi connectivity index (χ0) is 18.1. The first kappa shape index (κ1) is 19.5. The molecule has 3 aromatic rings. The van der Waals surface area contributed by atoms with Crippen LogP contribution in [-0.2, 0) is 7.05 Å². The van der Waals surface area contributed by atoms with Crippen LogP contribution >= 0.6 is 24.0 Å². The SMILES string of the molecule is Cl.Cn1c(=O)c(Oc2ccccc2Cl)cc2cnc(NC3CCCC3)nc21. The molecular weight excluding hydrogens is 387 g/mol. The first-order valence-corrected chi connectivity index (χ1v) is 9.05. The zero-order valence-electron chi connectivity index (χ0n) is 14.8. The molecule has 0 unspecified atom stereocenters. The van der Waals surface area contributed by atoms with Crippen LogP contribution in [0.15, 0.2) is 41.3 Å². The molecule has 1 aliphatic carbocycles. The number of hydrogen-bond acceptors (Lipinski definition) is 5. The summed E-state index contributed by atoms with van der Waals surface area (Å²) in [5, 5.41) is 4.53. The van der Waals surface area contributed by atoms with Crippen LogP contribution in [0.4, 0.5) is 5.95 Å². The summed E-state index contributed by atoms with van der Waals surface area (Å²) in [5.74, 6) is 1.18. The Morgan fingerprint density at radius 1 is 1.22 bits per heavy atom. The van der Waals surface area contributed by atoms with Gasteiger partial charge in [0.15, 0.2) is 5.75 Å². The van der Waals surface area contributed by atoms with E-state index in [-0.39, 0.29) is 23.7 Å². The van der Waals surface area contributed by atoms with E-state index < -0.39 is 0 Å². The van der Waals surface area contributed by atoms with Gasteiger partial charge in [-0.05, 0) is 31.0 Å². The molecule has 0 spiro atoms. The van der Waals surface area contributed by atoms with Gasteiger partial charge in [0.25, 0.3) is 5.56 Å². The standard InChI is InChI=1S/C19H19ClN4O2.ClH/c1-24-17-12(11-21-19(23-17)22-13-6-2-3-7-13)10-16(18(24)25)26-15-9-5-4-8-14(15)20;/h4-5,8-11,13H,2-3,6-7H2,1H3,(H,21,22,23);1H. The summed E-state index contributed by atoms with van der Waals surface area (Å²) >= 11 is 6.12. The van der Waals surface area contributed by atoms with Crippen molar-refractivity contribution in [2.45, 2.75) is 31.7 Å². The number of nitrogens with one attached hydrogen (secondary N) is 1. The maximum Gasteiger partial charge on any atom is 0.294 e. The number of benzene rings is 1. The van der Waals surface area contributed by atoms with E-state index in [1.165, 1.54) is 17.4 Å². The van der Waals surface area contributed by atoms with Gasteiger partial charge in [0, 0.05) is 24.7 Å². The van der Waals surface area contributed by atoms with E-state index in [0.29, 0.717) is 28.4 Å². The van der Waals surface area contributed by atoms with E-state index in [1.807, 2.05) is 0 Å². The van der Waals surface area contributed by atoms with Crippen LogP contribution < -0.4 is 15.6 Å². The summed E-state index contributed by atoms with van der Waals surface area (Å²) in [7, 11) is 1.68. The molecule has 1 fully saturated rings. The van der Waals surface area contributed by atoms with E-state index in [9.17, 15) is 4.79 Å². The van der Waals surface area contributed by atoms with Crippen molar-refractivity contribution < 1.29 is 4.74 Å². The van der Waals surface area contributed by atoms with Crippen molar-refractivity contribution in [3.8, 4) is 11.5 Å². The van der Waals surface area contributed by atoms with E-state index in [2.05, 4.69) is 15.3 Å². The van der Waals surface area contributed by atoms with E-state index in [1.54, 1.807) is 43.6 Å². The smallest absolute Gasteiger partial charge is 0.294 e. The quantitative estimate of drug-likeness (QED) is 0.687. The molecule has 1 N–H and O–H groups in total. The second-order valence-electron chi connectivity index (χ2n) is 6.50. The number of aryl methyl sites for hydroxylation is 1. The fourth-order valence-corrected chi connectivity index (χ4v) is 3.43. The van der Waals surface area contributed by atoms with Crippen LogP contribution in [0.2, 0.25) is 5.02 Å². The number of rotatable bonds is 4. The molecule has 8 heteroatoms. The largest absolute Gasteiger partial charge is 0.450 e. The zero-order valence-corrected chi connectivity index (χ0v) is 16.4. The third kappa shape index (κ3) is 4.01. The van der Waals surface area contributed by atoms with Crippen molar-refractivity contribution in [2.75, 3.05) is 5.32 Å². The molecule has 1 aromatic carbocycles. The van der Waals surface area contributed by atoms with Gasteiger partial charge in [-0.3, -0.25) is 9.36 Å². The molecule has 0 aliphatic heterocycles. The molecule has 6 nitrogen and oxygen atoms in total. The Morgan fingerprint density at radius 3 is 2.70 bits per heavy atom. The maximum atomic E-state index is 12.7. The van der Waals surface area contributed by atoms with Gasteiger partial charge in [0.1, 0.15) is 11.4 Å². The molecule has 0 atom stereocenters. The Bertz CT molecular complexity index is 1020. The Hall–Kier alpha value is -2.31. The van der Waals surface area contributed by atoms with Crippen LogP contribution in [0.3, 0.4) is 0 Å². The number of fused-ring (bicyclic) bond motifs is 1. The van der Waals surface area contributed by atoms with Gasteiger partial charge in [0.2, 0.25) is 5.95 Å². The topological polar surface area (TPSA) is 69.0 Å². The minimum Gasteiger partial charge on any atom is -0.450 e. The summed E-state index contributed by atoms with van der Waals surface area (Å²) in [6, 6.07) is 9.11. The Morgan fingerprint density at radius 2 is 1.96 bits per heavy atom. The number of nitrogens with zero attached hydrogens (tertiary/aromatic N) is 3.